The van der Waals surface area contributed by atoms with Gasteiger partial charge in [0.05, 0.1) is 12.6 Å². The Labute approximate surface area is 79.3 Å². The maximum atomic E-state index is 13.0. The highest BCUT2D eigenvalue weighted by molar-refractivity contribution is 5.86. The summed E-state index contributed by atoms with van der Waals surface area (Å²) in [7, 11) is 0. The maximum Gasteiger partial charge on any atom is 0.221 e. The number of nitrogens with two attached hydrogens (primary N) is 1. The van der Waals surface area contributed by atoms with Crippen molar-refractivity contribution in [3.63, 3.8) is 0 Å². The molecule has 3 nitrogen and oxygen atoms in total. The van der Waals surface area contributed by atoms with Crippen molar-refractivity contribution in [2.45, 2.75) is 6.42 Å². The van der Waals surface area contributed by atoms with Crippen LogP contribution in [0.25, 0.3) is 5.57 Å². The first-order valence-corrected chi connectivity index (χ1v) is 3.78. The summed E-state index contributed by atoms with van der Waals surface area (Å²) >= 11 is 0. The van der Waals surface area contributed by atoms with Crippen LogP contribution in [0.1, 0.15) is 12.1 Å². The fourth-order valence-electron chi connectivity index (χ4n) is 0.969. The summed E-state index contributed by atoms with van der Waals surface area (Å²) in [5.74, 6) is -2.27. The minimum Gasteiger partial charge on any atom is -0.369 e. The lowest BCUT2D eigenvalue weighted by Gasteiger charge is -2.03. The fourth-order valence-corrected chi connectivity index (χ4v) is 0.969. The monoisotopic (exact) mass is 198 g/mol. The molecule has 1 amide bonds. The Morgan fingerprint density at radius 1 is 1.57 bits per heavy atom. The van der Waals surface area contributed by atoms with E-state index in [-0.39, 0.29) is 17.7 Å². The number of hydrogen-bond donors (Lipinski definition) is 1. The van der Waals surface area contributed by atoms with Gasteiger partial charge in [0.1, 0.15) is 11.5 Å². The van der Waals surface area contributed by atoms with Gasteiger partial charge in [-0.2, -0.15) is 0 Å². The minimum absolute atomic E-state index is 0.134. The molecule has 0 saturated heterocycles. The van der Waals surface area contributed by atoms with Gasteiger partial charge in [-0.15, -0.1) is 0 Å². The number of primary amides is 1. The molecule has 0 saturated carbocycles. The van der Waals surface area contributed by atoms with E-state index in [0.29, 0.717) is 6.07 Å². The first kappa shape index (κ1) is 10.3. The van der Waals surface area contributed by atoms with Crippen molar-refractivity contribution in [3.05, 3.63) is 36.2 Å². The van der Waals surface area contributed by atoms with Gasteiger partial charge < -0.3 is 5.73 Å². The average Bonchev–Trinajstić information content (AvgIpc) is 2.01. The Morgan fingerprint density at radius 2 is 2.21 bits per heavy atom. The number of hydrogen-bond acceptors (Lipinski definition) is 2. The first-order chi connectivity index (χ1) is 6.50. The molecule has 0 aliphatic carbocycles. The van der Waals surface area contributed by atoms with E-state index in [1.54, 1.807) is 0 Å². The molecule has 1 aromatic heterocycles. The molecule has 0 radical (unpaired) electrons. The van der Waals surface area contributed by atoms with Gasteiger partial charge in [0.25, 0.3) is 0 Å². The van der Waals surface area contributed by atoms with Gasteiger partial charge >= 0.3 is 0 Å². The van der Waals surface area contributed by atoms with Crippen LogP contribution >= 0.6 is 0 Å². The van der Waals surface area contributed by atoms with Gasteiger partial charge in [0, 0.05) is 6.07 Å². The number of rotatable bonds is 3. The number of amides is 1. The molecule has 0 fully saturated rings. The lowest BCUT2D eigenvalue weighted by atomic mass is 10.1. The predicted octanol–water partition coefficient (Wildman–Crippen LogP) is 1.25. The third kappa shape index (κ3) is 2.35. The number of carbonyl (C=O) groups excluding carboxylic acids is 1. The molecule has 5 heteroatoms. The molecule has 0 atom stereocenters. The standard InChI is InChI=1S/C9H8F2N2O/c1-5(2-8(12)14)9-7(11)3-6(10)4-13-9/h3-4H,1-2H2,(H2,12,14). The van der Waals surface area contributed by atoms with E-state index in [1.807, 2.05) is 0 Å². The van der Waals surface area contributed by atoms with Crippen LogP contribution in [0, 0.1) is 11.6 Å². The van der Waals surface area contributed by atoms with E-state index in [9.17, 15) is 13.6 Å². The van der Waals surface area contributed by atoms with E-state index in [4.69, 9.17) is 5.73 Å². The second-order valence-corrected chi connectivity index (χ2v) is 2.73. The summed E-state index contributed by atoms with van der Waals surface area (Å²) in [6.45, 7) is 3.43. The van der Waals surface area contributed by atoms with Crippen molar-refractivity contribution in [2.75, 3.05) is 0 Å². The molecule has 1 aromatic rings. The molecule has 1 heterocycles. The highest BCUT2D eigenvalue weighted by Crippen LogP contribution is 2.17. The Morgan fingerprint density at radius 3 is 2.71 bits per heavy atom. The summed E-state index contributed by atoms with van der Waals surface area (Å²) in [4.78, 5) is 14.0. The first-order valence-electron chi connectivity index (χ1n) is 3.78. The number of aromatic nitrogens is 1. The van der Waals surface area contributed by atoms with Gasteiger partial charge in [-0.3, -0.25) is 9.78 Å². The summed E-state index contributed by atoms with van der Waals surface area (Å²) < 4.78 is 25.5. The smallest absolute Gasteiger partial charge is 0.221 e. The number of nitrogens with zero attached hydrogens (tertiary/aromatic N) is 1. The lowest BCUT2D eigenvalue weighted by molar-refractivity contribution is -0.117. The van der Waals surface area contributed by atoms with Gasteiger partial charge in [0.2, 0.25) is 5.91 Å². The second kappa shape index (κ2) is 3.95. The van der Waals surface area contributed by atoms with E-state index >= 15 is 0 Å². The molecule has 0 aliphatic rings. The van der Waals surface area contributed by atoms with Crippen LogP contribution in [0.2, 0.25) is 0 Å². The van der Waals surface area contributed by atoms with Crippen LogP contribution in [-0.2, 0) is 4.79 Å². The molecule has 1 rings (SSSR count). The van der Waals surface area contributed by atoms with Gasteiger partial charge in [-0.1, -0.05) is 6.58 Å². The Kier molecular flexibility index (Phi) is 2.91. The van der Waals surface area contributed by atoms with E-state index < -0.39 is 17.5 Å². The molecule has 14 heavy (non-hydrogen) atoms. The Balaban J connectivity index is 2.96. The molecule has 2 N–H and O–H groups in total. The zero-order chi connectivity index (χ0) is 10.7. The SMILES string of the molecule is C=C(CC(N)=O)c1ncc(F)cc1F. The molecular weight excluding hydrogens is 190 g/mol. The highest BCUT2D eigenvalue weighted by atomic mass is 19.1. The maximum absolute atomic E-state index is 13.0. The van der Waals surface area contributed by atoms with Crippen LogP contribution in [0.3, 0.4) is 0 Å². The van der Waals surface area contributed by atoms with Crippen molar-refractivity contribution in [1.29, 1.82) is 0 Å². The molecular formula is C9H8F2N2O. The summed E-state index contributed by atoms with van der Waals surface area (Å²) in [6.07, 6.45) is 0.653. The third-order valence-electron chi connectivity index (χ3n) is 1.53. The van der Waals surface area contributed by atoms with Crippen molar-refractivity contribution in [2.24, 2.45) is 5.73 Å². The zero-order valence-electron chi connectivity index (χ0n) is 7.26. The molecule has 0 unspecified atom stereocenters. The van der Waals surface area contributed by atoms with Gasteiger partial charge in [-0.25, -0.2) is 8.78 Å². The lowest BCUT2D eigenvalue weighted by Crippen LogP contribution is -2.11. The van der Waals surface area contributed by atoms with Crippen LogP contribution in [0.5, 0.6) is 0 Å². The highest BCUT2D eigenvalue weighted by Gasteiger charge is 2.10. The average molecular weight is 198 g/mol. The van der Waals surface area contributed by atoms with Crippen molar-refractivity contribution >= 4 is 11.5 Å². The largest absolute Gasteiger partial charge is 0.369 e. The van der Waals surface area contributed by atoms with E-state index in [2.05, 4.69) is 11.6 Å². The predicted molar refractivity (Wildman–Crippen MR) is 47.0 cm³/mol. The van der Waals surface area contributed by atoms with Crippen LogP contribution < -0.4 is 5.73 Å². The number of carbonyl (C=O) groups is 1. The van der Waals surface area contributed by atoms with Crippen LogP contribution in [0.4, 0.5) is 8.78 Å². The Hall–Kier alpha value is -1.78. The van der Waals surface area contributed by atoms with Crippen LogP contribution in [-0.4, -0.2) is 10.9 Å². The summed E-state index contributed by atoms with van der Waals surface area (Å²) in [5, 5.41) is 0. The van der Waals surface area contributed by atoms with Gasteiger partial charge in [0.15, 0.2) is 5.82 Å². The Bertz CT molecular complexity index is 390. The molecule has 0 bridgehead atoms. The number of pyridine rings is 1. The summed E-state index contributed by atoms with van der Waals surface area (Å²) in [5.41, 5.74) is 4.89. The second-order valence-electron chi connectivity index (χ2n) is 2.73. The van der Waals surface area contributed by atoms with Crippen LogP contribution in [0.15, 0.2) is 18.8 Å². The zero-order valence-corrected chi connectivity index (χ0v) is 7.26. The van der Waals surface area contributed by atoms with Crippen molar-refractivity contribution < 1.29 is 13.6 Å². The molecule has 0 aliphatic heterocycles. The third-order valence-corrected chi connectivity index (χ3v) is 1.53. The molecule has 0 aromatic carbocycles. The van der Waals surface area contributed by atoms with Crippen molar-refractivity contribution in [3.8, 4) is 0 Å². The molecule has 74 valence electrons. The normalized spacial score (nSPS) is 9.86. The van der Waals surface area contributed by atoms with E-state index in [0.717, 1.165) is 6.20 Å². The topological polar surface area (TPSA) is 56.0 Å². The fraction of sp³-hybridized carbons (Fsp3) is 0.111. The summed E-state index contributed by atoms with van der Waals surface area (Å²) in [6, 6.07) is 0.675. The quantitative estimate of drug-likeness (QED) is 0.794. The minimum atomic E-state index is -0.851. The van der Waals surface area contributed by atoms with Crippen molar-refractivity contribution in [1.82, 2.24) is 4.98 Å². The molecule has 0 spiro atoms. The van der Waals surface area contributed by atoms with E-state index in [1.165, 1.54) is 0 Å². The van der Waals surface area contributed by atoms with Gasteiger partial charge in [-0.05, 0) is 5.57 Å². The number of halogens is 2.